The number of halogens is 5. The zero-order chi connectivity index (χ0) is 25.0. The SMILES string of the molecule is CN(C(=O)OC(C)(C)C)c1cc(F)c(F)c2c1[nH]c1nccc(N3CCNC(C(F)(F)F)C3)c12. The molecule has 1 aliphatic heterocycles. The second-order valence-electron chi connectivity index (χ2n) is 9.15. The Labute approximate surface area is 191 Å². The zero-order valence-corrected chi connectivity index (χ0v) is 19.0. The number of hydrogen-bond donors (Lipinski definition) is 2. The summed E-state index contributed by atoms with van der Waals surface area (Å²) in [5, 5.41) is 2.36. The van der Waals surface area contributed by atoms with E-state index in [4.69, 9.17) is 4.74 Å². The molecule has 7 nitrogen and oxygen atoms in total. The van der Waals surface area contributed by atoms with Crippen molar-refractivity contribution in [2.24, 2.45) is 0 Å². The van der Waals surface area contributed by atoms with E-state index < -0.39 is 42.1 Å². The summed E-state index contributed by atoms with van der Waals surface area (Å²) in [6.45, 7) is 4.87. The van der Waals surface area contributed by atoms with Gasteiger partial charge < -0.3 is 19.9 Å². The predicted octanol–water partition coefficient (Wildman–Crippen LogP) is 4.71. The van der Waals surface area contributed by atoms with Gasteiger partial charge in [-0.2, -0.15) is 13.2 Å². The maximum atomic E-state index is 15.1. The minimum absolute atomic E-state index is 0.000536. The molecular weight excluding hydrogens is 461 g/mol. The summed E-state index contributed by atoms with van der Waals surface area (Å²) in [6, 6.07) is 0.557. The number of carbonyl (C=O) groups excluding carboxylic acids is 1. The van der Waals surface area contributed by atoms with Crippen LogP contribution in [-0.4, -0.2) is 60.6 Å². The Hall–Kier alpha value is -3.15. The highest BCUT2D eigenvalue weighted by atomic mass is 19.4. The number of aromatic amines is 1. The lowest BCUT2D eigenvalue weighted by Gasteiger charge is -2.36. The largest absolute Gasteiger partial charge is 0.443 e. The third kappa shape index (κ3) is 4.33. The smallest absolute Gasteiger partial charge is 0.414 e. The second kappa shape index (κ2) is 8.26. The number of ether oxygens (including phenoxy) is 1. The normalized spacial score (nSPS) is 17.4. The van der Waals surface area contributed by atoms with Crippen LogP contribution in [0.4, 0.5) is 38.1 Å². The van der Waals surface area contributed by atoms with Gasteiger partial charge in [-0.05, 0) is 26.8 Å². The van der Waals surface area contributed by atoms with Crippen LogP contribution in [0.1, 0.15) is 20.8 Å². The number of fused-ring (bicyclic) bond motifs is 3. The molecule has 2 N–H and O–H groups in total. The highest BCUT2D eigenvalue weighted by molar-refractivity contribution is 6.16. The molecule has 1 fully saturated rings. The summed E-state index contributed by atoms with van der Waals surface area (Å²) in [5.41, 5.74) is -0.319. The number of pyridine rings is 1. The number of benzene rings is 1. The molecular formula is C22H24F5N5O2. The number of carbonyl (C=O) groups is 1. The van der Waals surface area contributed by atoms with Crippen molar-refractivity contribution >= 4 is 39.4 Å². The zero-order valence-electron chi connectivity index (χ0n) is 19.0. The summed E-state index contributed by atoms with van der Waals surface area (Å²) < 4.78 is 75.1. The first-order valence-electron chi connectivity index (χ1n) is 10.6. The average molecular weight is 485 g/mol. The molecule has 34 heavy (non-hydrogen) atoms. The Bertz CT molecular complexity index is 1250. The number of alkyl halides is 3. The van der Waals surface area contributed by atoms with Crippen molar-refractivity contribution in [3.8, 4) is 0 Å². The fourth-order valence-electron chi connectivity index (χ4n) is 4.03. The van der Waals surface area contributed by atoms with Crippen molar-refractivity contribution in [2.45, 2.75) is 38.6 Å². The maximum Gasteiger partial charge on any atom is 0.414 e. The molecule has 0 radical (unpaired) electrons. The number of nitrogens with zero attached hydrogens (tertiary/aromatic N) is 3. The quantitative estimate of drug-likeness (QED) is 0.515. The average Bonchev–Trinajstić information content (AvgIpc) is 3.14. The van der Waals surface area contributed by atoms with E-state index in [1.807, 2.05) is 0 Å². The van der Waals surface area contributed by atoms with Crippen molar-refractivity contribution < 1.29 is 31.5 Å². The molecule has 3 heterocycles. The first kappa shape index (κ1) is 24.0. The van der Waals surface area contributed by atoms with Crippen LogP contribution in [0.2, 0.25) is 0 Å². The molecule has 1 aliphatic rings. The highest BCUT2D eigenvalue weighted by Crippen LogP contribution is 2.40. The third-order valence-electron chi connectivity index (χ3n) is 5.56. The lowest BCUT2D eigenvalue weighted by Crippen LogP contribution is -2.57. The van der Waals surface area contributed by atoms with Gasteiger partial charge in [0.1, 0.15) is 17.3 Å². The summed E-state index contributed by atoms with van der Waals surface area (Å²) >= 11 is 0. The van der Waals surface area contributed by atoms with Gasteiger partial charge in [0.25, 0.3) is 0 Å². The van der Waals surface area contributed by atoms with E-state index in [0.717, 1.165) is 11.0 Å². The first-order chi connectivity index (χ1) is 15.8. The standard InChI is InChI=1S/C22H24F5N5O2/c1-21(2,3)34-20(33)31(4)13-9-11(23)17(24)16-15-12(5-6-29-19(15)30-18(13)16)32-8-7-28-14(10-32)22(25,26)27/h5-6,9,14,28H,7-8,10H2,1-4H3,(H,29,30). The Balaban J connectivity index is 1.88. The summed E-state index contributed by atoms with van der Waals surface area (Å²) in [7, 11) is 1.35. The number of amides is 1. The molecule has 4 rings (SSSR count). The monoisotopic (exact) mass is 485 g/mol. The minimum atomic E-state index is -4.47. The van der Waals surface area contributed by atoms with Crippen molar-refractivity contribution in [3.05, 3.63) is 30.0 Å². The van der Waals surface area contributed by atoms with Crippen LogP contribution in [0.3, 0.4) is 0 Å². The Kier molecular flexibility index (Phi) is 5.83. The molecule has 1 aromatic carbocycles. The molecule has 1 saturated heterocycles. The van der Waals surface area contributed by atoms with Gasteiger partial charge in [-0.25, -0.2) is 18.6 Å². The molecule has 0 aliphatic carbocycles. The molecule has 0 bridgehead atoms. The molecule has 1 unspecified atom stereocenters. The summed E-state index contributed by atoms with van der Waals surface area (Å²) in [5.74, 6) is -2.42. The lowest BCUT2D eigenvalue weighted by molar-refractivity contribution is -0.155. The topological polar surface area (TPSA) is 73.5 Å². The van der Waals surface area contributed by atoms with Crippen LogP contribution in [0, 0.1) is 11.6 Å². The van der Waals surface area contributed by atoms with E-state index in [9.17, 15) is 22.4 Å². The summed E-state index contributed by atoms with van der Waals surface area (Å²) in [4.78, 5) is 22.2. The minimum Gasteiger partial charge on any atom is -0.443 e. The second-order valence-corrected chi connectivity index (χ2v) is 9.15. The molecule has 0 spiro atoms. The van der Waals surface area contributed by atoms with E-state index in [0.29, 0.717) is 0 Å². The highest BCUT2D eigenvalue weighted by Gasteiger charge is 2.42. The van der Waals surface area contributed by atoms with E-state index in [-0.39, 0.29) is 46.4 Å². The molecule has 0 saturated carbocycles. The number of nitrogens with one attached hydrogen (secondary N) is 2. The maximum absolute atomic E-state index is 15.1. The fraction of sp³-hybridized carbons (Fsp3) is 0.455. The number of aromatic nitrogens is 2. The molecule has 1 atom stereocenters. The first-order valence-corrected chi connectivity index (χ1v) is 10.6. The number of piperazine rings is 1. The van der Waals surface area contributed by atoms with Gasteiger partial charge >= 0.3 is 12.3 Å². The number of rotatable bonds is 2. The van der Waals surface area contributed by atoms with Gasteiger partial charge in [-0.3, -0.25) is 4.90 Å². The van der Waals surface area contributed by atoms with Gasteiger partial charge in [0.15, 0.2) is 11.6 Å². The van der Waals surface area contributed by atoms with Crippen molar-refractivity contribution in [1.82, 2.24) is 15.3 Å². The van der Waals surface area contributed by atoms with Crippen LogP contribution in [0.5, 0.6) is 0 Å². The van der Waals surface area contributed by atoms with Crippen LogP contribution in [0.15, 0.2) is 18.3 Å². The molecule has 1 amide bonds. The van der Waals surface area contributed by atoms with Gasteiger partial charge in [0.2, 0.25) is 0 Å². The van der Waals surface area contributed by atoms with Crippen LogP contribution >= 0.6 is 0 Å². The van der Waals surface area contributed by atoms with E-state index in [2.05, 4.69) is 15.3 Å². The fourth-order valence-corrected chi connectivity index (χ4v) is 4.03. The van der Waals surface area contributed by atoms with E-state index in [1.54, 1.807) is 20.8 Å². The van der Waals surface area contributed by atoms with Gasteiger partial charge in [0.05, 0.1) is 27.7 Å². The number of anilines is 2. The van der Waals surface area contributed by atoms with E-state index >= 15 is 4.39 Å². The van der Waals surface area contributed by atoms with Crippen molar-refractivity contribution in [3.63, 3.8) is 0 Å². The van der Waals surface area contributed by atoms with E-state index in [1.165, 1.54) is 24.2 Å². The molecule has 2 aromatic heterocycles. The Morgan fingerprint density at radius 2 is 1.94 bits per heavy atom. The molecule has 184 valence electrons. The van der Waals surface area contributed by atoms with Gasteiger partial charge in [-0.15, -0.1) is 0 Å². The van der Waals surface area contributed by atoms with Gasteiger partial charge in [0, 0.05) is 38.9 Å². The predicted molar refractivity (Wildman–Crippen MR) is 118 cm³/mol. The lowest BCUT2D eigenvalue weighted by atomic mass is 10.1. The van der Waals surface area contributed by atoms with Crippen molar-refractivity contribution in [2.75, 3.05) is 36.5 Å². The van der Waals surface area contributed by atoms with Crippen molar-refractivity contribution in [1.29, 1.82) is 0 Å². The number of hydrogen-bond acceptors (Lipinski definition) is 5. The summed E-state index contributed by atoms with van der Waals surface area (Å²) in [6.07, 6.45) is -3.88. The Morgan fingerprint density at radius 1 is 1.24 bits per heavy atom. The van der Waals surface area contributed by atoms with Gasteiger partial charge in [-0.1, -0.05) is 0 Å². The van der Waals surface area contributed by atoms with Crippen LogP contribution in [0.25, 0.3) is 21.9 Å². The third-order valence-corrected chi connectivity index (χ3v) is 5.56. The number of H-pyrrole nitrogens is 1. The Morgan fingerprint density at radius 3 is 2.59 bits per heavy atom. The van der Waals surface area contributed by atoms with Crippen LogP contribution in [-0.2, 0) is 4.74 Å². The van der Waals surface area contributed by atoms with Crippen LogP contribution < -0.4 is 15.1 Å². The molecule has 12 heteroatoms. The molecule has 3 aromatic rings.